The molecule has 0 radical (unpaired) electrons. The summed E-state index contributed by atoms with van der Waals surface area (Å²) in [7, 11) is 1.75. The maximum atomic E-state index is 13.1. The molecular weight excluding hydrogens is 436 g/mol. The van der Waals surface area contributed by atoms with Crippen LogP contribution in [0.5, 0.6) is 11.6 Å². The van der Waals surface area contributed by atoms with Crippen LogP contribution < -0.4 is 10.1 Å². The molecule has 1 aromatic heterocycles. The number of hydrogen-bond acceptors (Lipinski definition) is 5. The zero-order chi connectivity index (χ0) is 23.5. The van der Waals surface area contributed by atoms with Gasteiger partial charge in [-0.25, -0.2) is 4.68 Å². The molecule has 0 atom stereocenters. The zero-order valence-electron chi connectivity index (χ0n) is 18.2. The molecule has 1 aliphatic rings. The van der Waals surface area contributed by atoms with Crippen molar-refractivity contribution in [1.82, 2.24) is 20.0 Å². The van der Waals surface area contributed by atoms with Crippen molar-refractivity contribution in [2.24, 2.45) is 7.05 Å². The highest BCUT2D eigenvalue weighted by atomic mass is 32.1. The lowest BCUT2D eigenvalue weighted by Gasteiger charge is -2.27. The van der Waals surface area contributed by atoms with E-state index < -0.39 is 11.8 Å². The van der Waals surface area contributed by atoms with Gasteiger partial charge in [-0.15, -0.1) is 6.58 Å². The van der Waals surface area contributed by atoms with E-state index in [1.165, 1.54) is 11.0 Å². The maximum Gasteiger partial charge on any atom is 0.265 e. The van der Waals surface area contributed by atoms with Gasteiger partial charge in [0, 0.05) is 19.2 Å². The molecule has 1 fully saturated rings. The Kier molecular flexibility index (Phi) is 6.19. The van der Waals surface area contributed by atoms with Gasteiger partial charge in [0.05, 0.1) is 5.56 Å². The van der Waals surface area contributed by atoms with Crippen LogP contribution in [0.1, 0.15) is 11.1 Å². The lowest BCUT2D eigenvalue weighted by Crippen LogP contribution is -2.53. The van der Waals surface area contributed by atoms with Crippen LogP contribution in [-0.2, 0) is 16.6 Å². The topological polar surface area (TPSA) is 76.5 Å². The first-order chi connectivity index (χ1) is 15.9. The Morgan fingerprint density at radius 1 is 1.12 bits per heavy atom. The molecule has 7 nitrogen and oxygen atoms in total. The summed E-state index contributed by atoms with van der Waals surface area (Å²) in [5.41, 5.74) is 2.94. The lowest BCUT2D eigenvalue weighted by molar-refractivity contribution is -0.128. The number of nitrogens with one attached hydrogen (secondary N) is 1. The van der Waals surface area contributed by atoms with E-state index in [2.05, 4.69) is 17.0 Å². The second-order valence-corrected chi connectivity index (χ2v) is 7.88. The standard InChI is InChI=1S/C25H22N4O3S/c1-4-14-29-23(31)20(22(30)26-25(29)33)15-19-21(17-8-6-5-7-9-17)27-28(3)24(19)32-18-12-10-16(2)11-13-18/h4-13,15H,1,14H2,2-3H3,(H,26,30,33)/b20-15-. The predicted molar refractivity (Wildman–Crippen MR) is 131 cm³/mol. The van der Waals surface area contributed by atoms with Crippen molar-refractivity contribution in [2.75, 3.05) is 6.54 Å². The number of rotatable bonds is 6. The molecule has 1 aliphatic heterocycles. The Balaban J connectivity index is 1.86. The number of hydrogen-bond donors (Lipinski definition) is 1. The molecular formula is C25H22N4O3S. The Morgan fingerprint density at radius 2 is 1.82 bits per heavy atom. The van der Waals surface area contributed by atoms with E-state index >= 15 is 0 Å². The minimum Gasteiger partial charge on any atom is -0.439 e. The van der Waals surface area contributed by atoms with E-state index in [4.69, 9.17) is 17.0 Å². The van der Waals surface area contributed by atoms with Crippen molar-refractivity contribution in [3.63, 3.8) is 0 Å². The van der Waals surface area contributed by atoms with Gasteiger partial charge in [-0.1, -0.05) is 54.1 Å². The predicted octanol–water partition coefficient (Wildman–Crippen LogP) is 4.00. The van der Waals surface area contributed by atoms with Gasteiger partial charge in [-0.2, -0.15) is 5.10 Å². The summed E-state index contributed by atoms with van der Waals surface area (Å²) in [6.45, 7) is 5.83. The Morgan fingerprint density at radius 3 is 2.48 bits per heavy atom. The molecule has 2 heterocycles. The molecule has 0 bridgehead atoms. The average Bonchev–Trinajstić information content (AvgIpc) is 3.11. The minimum atomic E-state index is -0.575. The fourth-order valence-electron chi connectivity index (χ4n) is 3.44. The zero-order valence-corrected chi connectivity index (χ0v) is 19.1. The van der Waals surface area contributed by atoms with Gasteiger partial charge in [-0.3, -0.25) is 19.8 Å². The average molecular weight is 459 g/mol. The highest BCUT2D eigenvalue weighted by Gasteiger charge is 2.34. The van der Waals surface area contributed by atoms with E-state index in [-0.39, 0.29) is 17.2 Å². The number of nitrogens with zero attached hydrogens (tertiary/aromatic N) is 3. The first kappa shape index (κ1) is 22.2. The molecule has 166 valence electrons. The van der Waals surface area contributed by atoms with Gasteiger partial charge >= 0.3 is 0 Å². The van der Waals surface area contributed by atoms with Crippen molar-refractivity contribution in [3.05, 3.63) is 84.0 Å². The van der Waals surface area contributed by atoms with Crippen molar-refractivity contribution in [2.45, 2.75) is 6.92 Å². The molecule has 0 unspecified atom stereocenters. The molecule has 3 aromatic rings. The highest BCUT2D eigenvalue weighted by Crippen LogP contribution is 2.35. The number of aryl methyl sites for hydroxylation is 2. The highest BCUT2D eigenvalue weighted by molar-refractivity contribution is 7.80. The van der Waals surface area contributed by atoms with Crippen LogP contribution >= 0.6 is 12.2 Å². The normalized spacial score (nSPS) is 15.0. The monoisotopic (exact) mass is 458 g/mol. The largest absolute Gasteiger partial charge is 0.439 e. The SMILES string of the molecule is C=CCN1C(=O)/C(=C\c2c(-c3ccccc3)nn(C)c2Oc2ccc(C)cc2)C(=O)NC1=S. The van der Waals surface area contributed by atoms with Crippen LogP contribution in [0.15, 0.2) is 72.8 Å². The third-order valence-electron chi connectivity index (χ3n) is 5.10. The number of carbonyl (C=O) groups excluding carboxylic acids is 2. The third-order valence-corrected chi connectivity index (χ3v) is 5.42. The van der Waals surface area contributed by atoms with Gasteiger partial charge in [0.25, 0.3) is 11.8 Å². The van der Waals surface area contributed by atoms with Crippen molar-refractivity contribution in [1.29, 1.82) is 0 Å². The van der Waals surface area contributed by atoms with E-state index in [1.807, 2.05) is 61.5 Å². The van der Waals surface area contributed by atoms with Crippen LogP contribution in [0.4, 0.5) is 0 Å². The number of ether oxygens (including phenoxy) is 1. The van der Waals surface area contributed by atoms with Gasteiger partial charge in [-0.05, 0) is 37.4 Å². The van der Waals surface area contributed by atoms with E-state index in [9.17, 15) is 9.59 Å². The molecule has 0 aliphatic carbocycles. The summed E-state index contributed by atoms with van der Waals surface area (Å²) in [5.74, 6) is -0.0757. The molecule has 4 rings (SSSR count). The smallest absolute Gasteiger partial charge is 0.265 e. The minimum absolute atomic E-state index is 0.0487. The molecule has 8 heteroatoms. The van der Waals surface area contributed by atoms with Gasteiger partial charge in [0.1, 0.15) is 17.0 Å². The number of carbonyl (C=O) groups is 2. The number of thiocarbonyl (C=S) groups is 1. The molecule has 2 aromatic carbocycles. The quantitative estimate of drug-likeness (QED) is 0.262. The van der Waals surface area contributed by atoms with Crippen LogP contribution in [-0.4, -0.2) is 38.2 Å². The molecule has 0 spiro atoms. The molecule has 1 saturated heterocycles. The second-order valence-electron chi connectivity index (χ2n) is 7.49. The molecule has 1 N–H and O–H groups in total. The Bertz CT molecular complexity index is 1280. The summed E-state index contributed by atoms with van der Waals surface area (Å²) in [6, 6.07) is 17.1. The summed E-state index contributed by atoms with van der Waals surface area (Å²) in [6.07, 6.45) is 3.05. The fraction of sp³-hybridized carbons (Fsp3) is 0.120. The van der Waals surface area contributed by atoms with E-state index in [0.29, 0.717) is 22.9 Å². The summed E-state index contributed by atoms with van der Waals surface area (Å²) in [5, 5.41) is 7.25. The maximum absolute atomic E-state index is 13.1. The van der Waals surface area contributed by atoms with Crippen LogP contribution in [0.2, 0.25) is 0 Å². The van der Waals surface area contributed by atoms with E-state index in [1.54, 1.807) is 17.8 Å². The first-order valence-corrected chi connectivity index (χ1v) is 10.7. The fourth-order valence-corrected chi connectivity index (χ4v) is 3.69. The first-order valence-electron chi connectivity index (χ1n) is 10.3. The van der Waals surface area contributed by atoms with Gasteiger partial charge in [0.15, 0.2) is 5.11 Å². The summed E-state index contributed by atoms with van der Waals surface area (Å²) in [4.78, 5) is 27.1. The van der Waals surface area contributed by atoms with Crippen LogP contribution in [0.25, 0.3) is 17.3 Å². The van der Waals surface area contributed by atoms with Gasteiger partial charge in [0.2, 0.25) is 5.88 Å². The van der Waals surface area contributed by atoms with Crippen molar-refractivity contribution >= 4 is 35.2 Å². The number of benzene rings is 2. The van der Waals surface area contributed by atoms with Crippen LogP contribution in [0, 0.1) is 6.92 Å². The Labute approximate surface area is 197 Å². The molecule has 0 saturated carbocycles. The number of amides is 2. The van der Waals surface area contributed by atoms with Crippen molar-refractivity contribution < 1.29 is 14.3 Å². The summed E-state index contributed by atoms with van der Waals surface area (Å²) < 4.78 is 7.75. The van der Waals surface area contributed by atoms with Gasteiger partial charge < -0.3 is 4.74 Å². The van der Waals surface area contributed by atoms with Crippen molar-refractivity contribution in [3.8, 4) is 22.9 Å². The molecule has 2 amide bonds. The Hall–Kier alpha value is -4.04. The van der Waals surface area contributed by atoms with Crippen LogP contribution in [0.3, 0.4) is 0 Å². The third kappa shape index (κ3) is 4.47. The molecule has 33 heavy (non-hydrogen) atoms. The lowest BCUT2D eigenvalue weighted by atomic mass is 10.0. The van der Waals surface area contributed by atoms with E-state index in [0.717, 1.165) is 11.1 Å². The number of aromatic nitrogens is 2. The summed E-state index contributed by atoms with van der Waals surface area (Å²) >= 11 is 5.15. The second kappa shape index (κ2) is 9.22.